The summed E-state index contributed by atoms with van der Waals surface area (Å²) in [5, 5.41) is 26.2. The quantitative estimate of drug-likeness (QED) is 0.0347. The van der Waals surface area contributed by atoms with Crippen LogP contribution in [0, 0.1) is 5.92 Å². The standard InChI is InChI=1S/C51H80N6O10Si3/c1-13-32(12)44(60)49(64)54-37-30-33-27-28-39(58)35(29-33)34-25-24-26-36-42(34)57-50(65)51(36,67-70(21-9,22-10)23-11)45(66-69(18-6,19-7)20-8)43(56-47(62)38(31-40(52)59)53-46(37)61)48(63)55-41(14-2)68(15-3,16-4)17-5/h14,24-29,32,37-38,41,43,45,58H,2,13,15-23,30-31H2,1,3-12H3,(H2,52,59)(H,53,61)(H,54,64)(H,55,63)(H,56,62)(H,57,65)/t32-,37-,38-,41?,43+,45+,51-/m0/s1. The Morgan fingerprint density at radius 1 is 0.843 bits per heavy atom. The summed E-state index contributed by atoms with van der Waals surface area (Å²) >= 11 is 0. The number of anilines is 1. The topological polar surface area (TPSA) is 244 Å². The molecule has 0 aliphatic carbocycles. The second-order valence-electron chi connectivity index (χ2n) is 19.2. The Morgan fingerprint density at radius 2 is 1.44 bits per heavy atom. The maximum atomic E-state index is 15.8. The monoisotopic (exact) mass is 1020 g/mol. The fraction of sp³-hybridized carbons (Fsp3) is 0.588. The van der Waals surface area contributed by atoms with Crippen LogP contribution in [0.15, 0.2) is 49.1 Å². The van der Waals surface area contributed by atoms with Gasteiger partial charge in [-0.15, -0.1) is 6.58 Å². The van der Waals surface area contributed by atoms with E-state index in [1.807, 2.05) is 41.5 Å². The van der Waals surface area contributed by atoms with Gasteiger partial charge in [0.15, 0.2) is 22.2 Å². The van der Waals surface area contributed by atoms with Crippen molar-refractivity contribution < 1.29 is 47.5 Å². The number of amides is 6. The Bertz CT molecular complexity index is 2240. The van der Waals surface area contributed by atoms with Gasteiger partial charge in [0.05, 0.1) is 20.2 Å². The van der Waals surface area contributed by atoms with Crippen LogP contribution in [0.1, 0.15) is 100 Å². The Balaban J connectivity index is 2.25. The van der Waals surface area contributed by atoms with Crippen LogP contribution in [0.2, 0.25) is 54.4 Å². The molecule has 8 N–H and O–H groups in total. The van der Waals surface area contributed by atoms with E-state index in [9.17, 15) is 24.3 Å². The van der Waals surface area contributed by atoms with Gasteiger partial charge in [0.2, 0.25) is 29.4 Å². The number of fused-ring (bicyclic) bond motifs is 3. The summed E-state index contributed by atoms with van der Waals surface area (Å²) in [4.78, 5) is 101. The first-order chi connectivity index (χ1) is 33.2. The number of rotatable bonds is 23. The van der Waals surface area contributed by atoms with Crippen LogP contribution in [0.3, 0.4) is 0 Å². The molecule has 0 fully saturated rings. The van der Waals surface area contributed by atoms with Gasteiger partial charge in [0.25, 0.3) is 11.8 Å². The Hall–Kier alpha value is -4.96. The summed E-state index contributed by atoms with van der Waals surface area (Å²) in [5.41, 5.74) is 4.93. The second-order valence-corrected chi connectivity index (χ2v) is 34.0. The van der Waals surface area contributed by atoms with Crippen LogP contribution < -0.4 is 32.3 Å². The zero-order chi connectivity index (χ0) is 52.4. The van der Waals surface area contributed by atoms with E-state index in [1.165, 1.54) is 6.07 Å². The third kappa shape index (κ3) is 11.7. The molecule has 0 saturated heterocycles. The molecular weight excluding hydrogens is 941 g/mol. The van der Waals surface area contributed by atoms with Crippen molar-refractivity contribution in [2.24, 2.45) is 11.7 Å². The summed E-state index contributed by atoms with van der Waals surface area (Å²) in [6.45, 7) is 25.9. The van der Waals surface area contributed by atoms with Gasteiger partial charge in [-0.1, -0.05) is 125 Å². The normalized spacial score (nSPS) is 21.7. The number of carbonyl (C=O) groups excluding carboxylic acids is 7. The van der Waals surface area contributed by atoms with Crippen molar-refractivity contribution in [3.8, 4) is 16.9 Å². The lowest BCUT2D eigenvalue weighted by molar-refractivity contribution is -0.151. The van der Waals surface area contributed by atoms with Gasteiger partial charge in [-0.05, 0) is 60.4 Å². The van der Waals surface area contributed by atoms with E-state index in [-0.39, 0.29) is 17.7 Å². The maximum Gasteiger partial charge on any atom is 0.288 e. The van der Waals surface area contributed by atoms with Crippen LogP contribution in [0.25, 0.3) is 11.1 Å². The van der Waals surface area contributed by atoms with Gasteiger partial charge in [-0.2, -0.15) is 0 Å². The van der Waals surface area contributed by atoms with E-state index in [1.54, 1.807) is 50.3 Å². The number of phenols is 1. The molecule has 70 heavy (non-hydrogen) atoms. The smallest absolute Gasteiger partial charge is 0.288 e. The van der Waals surface area contributed by atoms with Crippen molar-refractivity contribution in [1.82, 2.24) is 21.3 Å². The summed E-state index contributed by atoms with van der Waals surface area (Å²) in [7, 11) is -8.25. The Kier molecular flexibility index (Phi) is 20.1. The number of nitrogens with two attached hydrogens (primary N) is 1. The van der Waals surface area contributed by atoms with Crippen molar-refractivity contribution in [2.75, 3.05) is 5.32 Å². The van der Waals surface area contributed by atoms with E-state index in [4.69, 9.17) is 14.6 Å². The molecule has 0 aromatic heterocycles. The van der Waals surface area contributed by atoms with Gasteiger partial charge in [0, 0.05) is 34.7 Å². The molecule has 0 spiro atoms. The number of nitrogens with one attached hydrogen (secondary N) is 5. The van der Waals surface area contributed by atoms with E-state index in [2.05, 4.69) is 53.9 Å². The first-order valence-electron chi connectivity index (χ1n) is 25.5. The molecule has 2 heterocycles. The molecular formula is C51H80N6O10Si3. The molecule has 2 aromatic carbocycles. The fourth-order valence-corrected chi connectivity index (χ4v) is 19.8. The minimum Gasteiger partial charge on any atom is -0.507 e. The number of benzene rings is 2. The highest BCUT2D eigenvalue weighted by molar-refractivity contribution is 6.81. The Labute approximate surface area is 418 Å². The average Bonchev–Trinajstić information content (AvgIpc) is 3.65. The number of hydrogen-bond acceptors (Lipinski definition) is 10. The summed E-state index contributed by atoms with van der Waals surface area (Å²) in [5.74, 6) is -6.82. The van der Waals surface area contributed by atoms with E-state index < -0.39 is 114 Å². The van der Waals surface area contributed by atoms with Crippen molar-refractivity contribution in [2.45, 2.75) is 185 Å². The molecule has 7 atom stereocenters. The largest absolute Gasteiger partial charge is 0.507 e. The van der Waals surface area contributed by atoms with Crippen LogP contribution in [0.5, 0.6) is 5.75 Å². The number of aromatic hydroxyl groups is 1. The minimum atomic E-state index is -2.97. The van der Waals surface area contributed by atoms with E-state index in [0.717, 1.165) is 18.1 Å². The van der Waals surface area contributed by atoms with E-state index >= 15 is 14.4 Å². The molecule has 2 aromatic rings. The average molecular weight is 1020 g/mol. The number of para-hydroxylation sites is 1. The van der Waals surface area contributed by atoms with Crippen molar-refractivity contribution in [3.63, 3.8) is 0 Å². The minimum absolute atomic E-state index is 0.165. The highest BCUT2D eigenvalue weighted by Gasteiger charge is 2.63. The van der Waals surface area contributed by atoms with Gasteiger partial charge in [-0.25, -0.2) is 0 Å². The molecule has 19 heteroatoms. The van der Waals surface area contributed by atoms with Gasteiger partial charge in [-0.3, -0.25) is 33.6 Å². The lowest BCUT2D eigenvalue weighted by atomic mass is 9.83. The van der Waals surface area contributed by atoms with Crippen molar-refractivity contribution >= 4 is 71.6 Å². The SMILES string of the molecule is C=CC(NC(=O)[C@@H]1NC(=O)[C@H](CC(N)=O)NC(=O)[C@@H](NC(=O)C(=O)[C@@H](C)CC)Cc2ccc(O)c(c2)-c2cccc3c2NC(=O)[C@@]3(O[Si](CC)(CC)CC)[C@@H]1O[Si](CC)(CC)CC)[Si](CC)(CC)CC. The lowest BCUT2D eigenvalue weighted by Crippen LogP contribution is -2.70. The van der Waals surface area contributed by atoms with Crippen LogP contribution in [-0.2, 0) is 54.4 Å². The van der Waals surface area contributed by atoms with Crippen LogP contribution >= 0.6 is 0 Å². The highest BCUT2D eigenvalue weighted by atomic mass is 28.4. The molecule has 0 saturated carbocycles. The predicted octanol–water partition coefficient (Wildman–Crippen LogP) is 6.84. The summed E-state index contributed by atoms with van der Waals surface area (Å²) < 4.78 is 15.2. The van der Waals surface area contributed by atoms with Gasteiger partial charge < -0.3 is 46.3 Å². The van der Waals surface area contributed by atoms with Crippen molar-refractivity contribution in [1.29, 1.82) is 0 Å². The molecule has 16 nitrogen and oxygen atoms in total. The lowest BCUT2D eigenvalue weighted by Gasteiger charge is -2.48. The number of carbonyl (C=O) groups is 7. The molecule has 1 unspecified atom stereocenters. The second kappa shape index (κ2) is 24.4. The summed E-state index contributed by atoms with van der Waals surface area (Å²) in [6, 6.07) is 10.8. The maximum absolute atomic E-state index is 15.8. The molecule has 6 bridgehead atoms. The first kappa shape index (κ1) is 57.6. The molecule has 2 aliphatic heterocycles. The number of Topliss-reactive ketones (excluding diaryl/α,β-unsaturated/α-hetero) is 1. The number of phenolic OH excluding ortho intramolecular Hbond substituents is 1. The molecule has 4 rings (SSSR count). The fourth-order valence-electron chi connectivity index (χ4n) is 10.3. The molecule has 2 aliphatic rings. The third-order valence-corrected chi connectivity index (χ3v) is 31.2. The first-order valence-corrected chi connectivity index (χ1v) is 33.3. The molecule has 6 amide bonds. The summed E-state index contributed by atoms with van der Waals surface area (Å²) in [6.07, 6.45) is -0.442. The zero-order valence-electron chi connectivity index (χ0n) is 43.4. The Morgan fingerprint density at radius 3 is 1.97 bits per heavy atom. The molecule has 0 radical (unpaired) electrons. The molecule has 386 valence electrons. The van der Waals surface area contributed by atoms with Gasteiger partial charge >= 0.3 is 0 Å². The number of hydrogen-bond donors (Lipinski definition) is 7. The van der Waals surface area contributed by atoms with Crippen LogP contribution in [-0.4, -0.2) is 101 Å². The zero-order valence-corrected chi connectivity index (χ0v) is 46.4. The van der Waals surface area contributed by atoms with Gasteiger partial charge in [0.1, 0.15) is 30.0 Å². The number of primary amides is 1. The predicted molar refractivity (Wildman–Crippen MR) is 281 cm³/mol. The van der Waals surface area contributed by atoms with Crippen molar-refractivity contribution in [3.05, 3.63) is 60.2 Å². The van der Waals surface area contributed by atoms with Crippen LogP contribution in [0.4, 0.5) is 5.69 Å². The highest BCUT2D eigenvalue weighted by Crippen LogP contribution is 2.52. The third-order valence-electron chi connectivity index (χ3n) is 16.0. The number of ketones is 1. The van der Waals surface area contributed by atoms with E-state index in [0.29, 0.717) is 65.1 Å².